The number of hydrogen-bond donors (Lipinski definition) is 1. The fraction of sp³-hybridized carbons (Fsp3) is 0.500. The molecule has 2 rings (SSSR count). The van der Waals surface area contributed by atoms with Crippen LogP contribution in [0.3, 0.4) is 0 Å². The highest BCUT2D eigenvalue weighted by atomic mass is 16.5. The summed E-state index contributed by atoms with van der Waals surface area (Å²) in [6, 6.07) is 4.86. The van der Waals surface area contributed by atoms with Gasteiger partial charge in [-0.15, -0.1) is 0 Å². The van der Waals surface area contributed by atoms with Crippen LogP contribution in [0.2, 0.25) is 0 Å². The molecule has 0 amide bonds. The minimum absolute atomic E-state index is 0.0383. The maximum Gasteiger partial charge on any atom is 0.339 e. The Morgan fingerprint density at radius 3 is 2.95 bits per heavy atom. The molecule has 5 heteroatoms. The molecule has 1 fully saturated rings. The summed E-state index contributed by atoms with van der Waals surface area (Å²) < 4.78 is 16.5. The summed E-state index contributed by atoms with van der Waals surface area (Å²) in [4.78, 5) is 11.2. The number of para-hydroxylation sites is 1. The summed E-state index contributed by atoms with van der Waals surface area (Å²) in [6.45, 7) is 3.40. The molecule has 1 atom stereocenters. The average Bonchev–Trinajstić information content (AvgIpc) is 2.90. The van der Waals surface area contributed by atoms with Crippen molar-refractivity contribution in [2.45, 2.75) is 25.9 Å². The number of carboxylic acids is 1. The minimum Gasteiger partial charge on any atom is -0.490 e. The molecular weight excluding hydrogens is 248 g/mol. The van der Waals surface area contributed by atoms with Crippen LogP contribution in [0.1, 0.15) is 30.1 Å². The lowest BCUT2D eigenvalue weighted by atomic mass is 10.2. The second kappa shape index (κ2) is 6.43. The number of carboxylic acid groups (broad SMARTS) is 1. The van der Waals surface area contributed by atoms with Crippen LogP contribution in [0.25, 0.3) is 0 Å². The van der Waals surface area contributed by atoms with E-state index in [9.17, 15) is 9.90 Å². The van der Waals surface area contributed by atoms with Gasteiger partial charge in [0.1, 0.15) is 12.2 Å². The predicted octanol–water partition coefficient (Wildman–Crippen LogP) is 2.34. The SMILES string of the molecule is CCOc1cccc(C(=O)O)c1OCC1CCCO1. The fourth-order valence-corrected chi connectivity index (χ4v) is 2.05. The summed E-state index contributed by atoms with van der Waals surface area (Å²) in [6.07, 6.45) is 2.00. The van der Waals surface area contributed by atoms with Crippen molar-refractivity contribution >= 4 is 5.97 Å². The van der Waals surface area contributed by atoms with E-state index >= 15 is 0 Å². The fourth-order valence-electron chi connectivity index (χ4n) is 2.05. The Labute approximate surface area is 112 Å². The molecule has 1 aliphatic heterocycles. The summed E-state index contributed by atoms with van der Waals surface area (Å²) in [5.74, 6) is -0.281. The minimum atomic E-state index is -1.02. The van der Waals surface area contributed by atoms with Crippen molar-refractivity contribution in [3.8, 4) is 11.5 Å². The van der Waals surface area contributed by atoms with E-state index in [1.165, 1.54) is 6.07 Å². The van der Waals surface area contributed by atoms with Crippen molar-refractivity contribution in [1.29, 1.82) is 0 Å². The highest BCUT2D eigenvalue weighted by Gasteiger charge is 2.20. The number of rotatable bonds is 6. The molecule has 0 aromatic heterocycles. The quantitative estimate of drug-likeness (QED) is 0.856. The van der Waals surface area contributed by atoms with E-state index in [2.05, 4.69) is 0 Å². The molecule has 5 nitrogen and oxygen atoms in total. The Kier molecular flexibility index (Phi) is 4.63. The number of hydrogen-bond acceptors (Lipinski definition) is 4. The first-order chi connectivity index (χ1) is 9.22. The van der Waals surface area contributed by atoms with Crippen molar-refractivity contribution in [3.63, 3.8) is 0 Å². The van der Waals surface area contributed by atoms with Crippen molar-refractivity contribution < 1.29 is 24.1 Å². The molecule has 1 N–H and O–H groups in total. The van der Waals surface area contributed by atoms with Crippen LogP contribution in [0, 0.1) is 0 Å². The highest BCUT2D eigenvalue weighted by molar-refractivity contribution is 5.92. The van der Waals surface area contributed by atoms with Crippen LogP contribution < -0.4 is 9.47 Å². The first-order valence-electron chi connectivity index (χ1n) is 6.46. The standard InChI is InChI=1S/C14H18O5/c1-2-17-12-7-3-6-11(14(15)16)13(12)19-9-10-5-4-8-18-10/h3,6-7,10H,2,4-5,8-9H2,1H3,(H,15,16). The monoisotopic (exact) mass is 266 g/mol. The zero-order chi connectivity index (χ0) is 13.7. The zero-order valence-electron chi connectivity index (χ0n) is 10.9. The largest absolute Gasteiger partial charge is 0.490 e. The van der Waals surface area contributed by atoms with Crippen LogP contribution in [-0.4, -0.2) is 37.0 Å². The maximum atomic E-state index is 11.2. The lowest BCUT2D eigenvalue weighted by Gasteiger charge is -2.16. The van der Waals surface area contributed by atoms with Gasteiger partial charge in [0.2, 0.25) is 0 Å². The molecule has 0 radical (unpaired) electrons. The lowest BCUT2D eigenvalue weighted by Crippen LogP contribution is -2.18. The normalized spacial score (nSPS) is 18.3. The van der Waals surface area contributed by atoms with Gasteiger partial charge in [0.05, 0.1) is 12.7 Å². The third kappa shape index (κ3) is 3.38. The van der Waals surface area contributed by atoms with Crippen LogP contribution in [0.4, 0.5) is 0 Å². The Bertz CT molecular complexity index is 437. The molecule has 0 saturated carbocycles. The number of benzene rings is 1. The molecule has 1 saturated heterocycles. The Morgan fingerprint density at radius 1 is 1.47 bits per heavy atom. The second-order valence-electron chi connectivity index (χ2n) is 4.32. The highest BCUT2D eigenvalue weighted by Crippen LogP contribution is 2.32. The van der Waals surface area contributed by atoms with Crippen LogP contribution >= 0.6 is 0 Å². The van der Waals surface area contributed by atoms with Gasteiger partial charge in [0.25, 0.3) is 0 Å². The molecule has 104 valence electrons. The van der Waals surface area contributed by atoms with Crippen LogP contribution in [0.5, 0.6) is 11.5 Å². The summed E-state index contributed by atoms with van der Waals surface area (Å²) in [5.41, 5.74) is 0.115. The topological polar surface area (TPSA) is 65.0 Å². The van der Waals surface area contributed by atoms with Gasteiger partial charge >= 0.3 is 5.97 Å². The van der Waals surface area contributed by atoms with Gasteiger partial charge in [-0.2, -0.15) is 0 Å². The van der Waals surface area contributed by atoms with Gasteiger partial charge < -0.3 is 19.3 Å². The van der Waals surface area contributed by atoms with E-state index in [0.29, 0.717) is 19.0 Å². The third-order valence-corrected chi connectivity index (χ3v) is 2.95. The van der Waals surface area contributed by atoms with E-state index in [1.807, 2.05) is 6.92 Å². The van der Waals surface area contributed by atoms with Crippen LogP contribution in [-0.2, 0) is 4.74 Å². The zero-order valence-corrected chi connectivity index (χ0v) is 10.9. The predicted molar refractivity (Wildman–Crippen MR) is 69.0 cm³/mol. The van der Waals surface area contributed by atoms with Crippen molar-refractivity contribution in [2.24, 2.45) is 0 Å². The van der Waals surface area contributed by atoms with Gasteiger partial charge in [-0.3, -0.25) is 0 Å². The molecule has 0 bridgehead atoms. The van der Waals surface area contributed by atoms with E-state index in [1.54, 1.807) is 12.1 Å². The number of carbonyl (C=O) groups is 1. The molecule has 19 heavy (non-hydrogen) atoms. The molecule has 1 unspecified atom stereocenters. The number of aromatic carboxylic acids is 1. The van der Waals surface area contributed by atoms with E-state index < -0.39 is 5.97 Å². The second-order valence-corrected chi connectivity index (χ2v) is 4.32. The molecule has 0 aliphatic carbocycles. The van der Waals surface area contributed by atoms with Gasteiger partial charge in [-0.05, 0) is 31.9 Å². The van der Waals surface area contributed by atoms with E-state index in [0.717, 1.165) is 19.4 Å². The molecule has 1 aliphatic rings. The first kappa shape index (κ1) is 13.7. The number of ether oxygens (including phenoxy) is 3. The maximum absolute atomic E-state index is 11.2. The summed E-state index contributed by atoms with van der Waals surface area (Å²) in [5, 5.41) is 9.18. The molecular formula is C14H18O5. The Balaban J connectivity index is 2.16. The first-order valence-corrected chi connectivity index (χ1v) is 6.46. The molecule has 1 aromatic carbocycles. The van der Waals surface area contributed by atoms with Crippen molar-refractivity contribution in [1.82, 2.24) is 0 Å². The van der Waals surface area contributed by atoms with Crippen molar-refractivity contribution in [2.75, 3.05) is 19.8 Å². The van der Waals surface area contributed by atoms with Gasteiger partial charge in [0.15, 0.2) is 11.5 Å². The van der Waals surface area contributed by atoms with E-state index in [-0.39, 0.29) is 17.4 Å². The van der Waals surface area contributed by atoms with E-state index in [4.69, 9.17) is 14.2 Å². The molecule has 0 spiro atoms. The molecule has 1 aromatic rings. The Morgan fingerprint density at radius 2 is 2.32 bits per heavy atom. The van der Waals surface area contributed by atoms with Crippen LogP contribution in [0.15, 0.2) is 18.2 Å². The average molecular weight is 266 g/mol. The van der Waals surface area contributed by atoms with Gasteiger partial charge in [-0.1, -0.05) is 6.07 Å². The lowest BCUT2D eigenvalue weighted by molar-refractivity contribution is 0.0619. The summed E-state index contributed by atoms with van der Waals surface area (Å²) in [7, 11) is 0. The molecule has 1 heterocycles. The van der Waals surface area contributed by atoms with Gasteiger partial charge in [-0.25, -0.2) is 4.79 Å². The Hall–Kier alpha value is -1.75. The van der Waals surface area contributed by atoms with Gasteiger partial charge in [0, 0.05) is 6.61 Å². The van der Waals surface area contributed by atoms with Crippen molar-refractivity contribution in [3.05, 3.63) is 23.8 Å². The smallest absolute Gasteiger partial charge is 0.339 e. The summed E-state index contributed by atoms with van der Waals surface area (Å²) >= 11 is 0. The third-order valence-electron chi connectivity index (χ3n) is 2.95.